The van der Waals surface area contributed by atoms with Gasteiger partial charge >= 0.3 is 0 Å². The van der Waals surface area contributed by atoms with Crippen LogP contribution in [0.3, 0.4) is 0 Å². The van der Waals surface area contributed by atoms with Crippen molar-refractivity contribution in [3.8, 4) is 11.8 Å². The Morgan fingerprint density at radius 2 is 1.81 bits per heavy atom. The Morgan fingerprint density at radius 1 is 1.08 bits per heavy atom. The summed E-state index contributed by atoms with van der Waals surface area (Å²) in [7, 11) is 0. The van der Waals surface area contributed by atoms with Crippen LogP contribution in [0.2, 0.25) is 0 Å². The number of aliphatic hydroxyl groups is 1. The van der Waals surface area contributed by atoms with Crippen molar-refractivity contribution in [3.05, 3.63) is 101 Å². The molecule has 0 aromatic heterocycles. The van der Waals surface area contributed by atoms with Crippen LogP contribution in [0.1, 0.15) is 23.1 Å². The number of benzene rings is 2. The third-order valence-corrected chi connectivity index (χ3v) is 4.24. The number of hydrogen-bond donors (Lipinski definition) is 1. The fraction of sp³-hybridized carbons (Fsp3) is 0.125. The van der Waals surface area contributed by atoms with Crippen LogP contribution in [0.4, 0.5) is 0 Å². The van der Waals surface area contributed by atoms with Gasteiger partial charge in [0.25, 0.3) is 0 Å². The molecule has 0 saturated carbocycles. The Balaban J connectivity index is 1.75. The summed E-state index contributed by atoms with van der Waals surface area (Å²) in [6.07, 6.45) is 8.47. The molecule has 1 unspecified atom stereocenters. The van der Waals surface area contributed by atoms with E-state index in [4.69, 9.17) is 0 Å². The van der Waals surface area contributed by atoms with E-state index >= 15 is 0 Å². The van der Waals surface area contributed by atoms with E-state index in [2.05, 4.69) is 11.8 Å². The van der Waals surface area contributed by atoms with Crippen molar-refractivity contribution in [2.75, 3.05) is 0 Å². The van der Waals surface area contributed by atoms with Crippen molar-refractivity contribution in [2.45, 2.75) is 18.9 Å². The quantitative estimate of drug-likeness (QED) is 0.670. The molecule has 128 valence electrons. The molecule has 2 nitrogen and oxygen atoms in total. The molecule has 1 aliphatic rings. The molecule has 26 heavy (non-hydrogen) atoms. The van der Waals surface area contributed by atoms with Gasteiger partial charge in [0.1, 0.15) is 5.60 Å². The molecule has 0 fully saturated rings. The Kier molecular flexibility index (Phi) is 5.31. The van der Waals surface area contributed by atoms with Crippen LogP contribution in [-0.4, -0.2) is 16.5 Å². The van der Waals surface area contributed by atoms with Gasteiger partial charge in [-0.05, 0) is 36.8 Å². The first-order valence-electron chi connectivity index (χ1n) is 8.52. The van der Waals surface area contributed by atoms with Gasteiger partial charge in [-0.2, -0.15) is 0 Å². The molecule has 3 rings (SSSR count). The molecule has 0 spiro atoms. The number of carbonyl (C=O) groups is 1. The molecule has 2 heteroatoms. The zero-order valence-corrected chi connectivity index (χ0v) is 14.6. The molecule has 2 aromatic rings. The molecule has 0 radical (unpaired) electrons. The SMILES string of the molecule is Cc1ccc(C#CCC2(O)C=CC(=O)/C2=C/C=C/c2ccccc2)cc1. The van der Waals surface area contributed by atoms with E-state index in [9.17, 15) is 9.90 Å². The van der Waals surface area contributed by atoms with E-state index in [-0.39, 0.29) is 12.2 Å². The fourth-order valence-electron chi connectivity index (χ4n) is 2.72. The van der Waals surface area contributed by atoms with E-state index in [1.165, 1.54) is 17.7 Å². The number of ketones is 1. The Bertz CT molecular complexity index is 935. The van der Waals surface area contributed by atoms with Gasteiger partial charge in [-0.15, -0.1) is 0 Å². The highest BCUT2D eigenvalue weighted by atomic mass is 16.3. The molecular weight excluding hydrogens is 320 g/mol. The largest absolute Gasteiger partial charge is 0.380 e. The second kappa shape index (κ2) is 7.82. The minimum absolute atomic E-state index is 0.175. The van der Waals surface area contributed by atoms with Gasteiger partial charge < -0.3 is 5.11 Å². The lowest BCUT2D eigenvalue weighted by Crippen LogP contribution is -2.27. The Morgan fingerprint density at radius 3 is 2.54 bits per heavy atom. The molecule has 0 aliphatic heterocycles. The Labute approximate surface area is 154 Å². The molecule has 1 aliphatic carbocycles. The number of allylic oxidation sites excluding steroid dienone is 3. The molecule has 0 saturated heterocycles. The van der Waals surface area contributed by atoms with E-state index < -0.39 is 5.60 Å². The lowest BCUT2D eigenvalue weighted by molar-refractivity contribution is -0.112. The maximum atomic E-state index is 12.1. The first-order valence-corrected chi connectivity index (χ1v) is 8.52. The van der Waals surface area contributed by atoms with Gasteiger partial charge in [0.2, 0.25) is 0 Å². The highest BCUT2D eigenvalue weighted by Gasteiger charge is 2.36. The number of hydrogen-bond acceptors (Lipinski definition) is 2. The maximum absolute atomic E-state index is 12.1. The highest BCUT2D eigenvalue weighted by molar-refractivity contribution is 6.09. The smallest absolute Gasteiger partial charge is 0.184 e. The molecular formula is C24H20O2. The van der Waals surface area contributed by atoms with Crippen LogP contribution < -0.4 is 0 Å². The molecule has 1 atom stereocenters. The van der Waals surface area contributed by atoms with E-state index in [0.717, 1.165) is 11.1 Å². The van der Waals surface area contributed by atoms with Gasteiger partial charge in [-0.3, -0.25) is 4.79 Å². The van der Waals surface area contributed by atoms with Crippen molar-refractivity contribution in [1.29, 1.82) is 0 Å². The summed E-state index contributed by atoms with van der Waals surface area (Å²) in [5.74, 6) is 5.86. The maximum Gasteiger partial charge on any atom is 0.184 e. The molecule has 0 amide bonds. The van der Waals surface area contributed by atoms with Crippen LogP contribution >= 0.6 is 0 Å². The molecule has 2 aromatic carbocycles. The van der Waals surface area contributed by atoms with Crippen LogP contribution in [0.15, 0.2) is 84.5 Å². The summed E-state index contributed by atoms with van der Waals surface area (Å²) in [6.45, 7) is 2.02. The van der Waals surface area contributed by atoms with Crippen molar-refractivity contribution in [3.63, 3.8) is 0 Å². The van der Waals surface area contributed by atoms with Crippen molar-refractivity contribution >= 4 is 11.9 Å². The molecule has 0 bridgehead atoms. The van der Waals surface area contributed by atoms with Crippen molar-refractivity contribution in [2.24, 2.45) is 0 Å². The zero-order chi connectivity index (χ0) is 18.4. The summed E-state index contributed by atoms with van der Waals surface area (Å²) in [5.41, 5.74) is 2.11. The summed E-state index contributed by atoms with van der Waals surface area (Å²) in [5, 5.41) is 10.8. The third-order valence-electron chi connectivity index (χ3n) is 4.24. The van der Waals surface area contributed by atoms with Crippen LogP contribution in [-0.2, 0) is 4.79 Å². The van der Waals surface area contributed by atoms with Gasteiger partial charge in [0.05, 0.1) is 0 Å². The molecule has 0 heterocycles. The van der Waals surface area contributed by atoms with Crippen molar-refractivity contribution < 1.29 is 9.90 Å². The lowest BCUT2D eigenvalue weighted by Gasteiger charge is -2.19. The van der Waals surface area contributed by atoms with Crippen LogP contribution in [0.5, 0.6) is 0 Å². The molecule has 1 N–H and O–H groups in total. The summed E-state index contributed by atoms with van der Waals surface area (Å²) < 4.78 is 0. The minimum Gasteiger partial charge on any atom is -0.380 e. The predicted molar refractivity (Wildman–Crippen MR) is 105 cm³/mol. The standard InChI is InChI=1S/C24H20O2/c1-19-12-14-21(15-13-19)10-6-17-24(26)18-16-23(25)22(24)11-5-9-20-7-3-2-4-8-20/h2-5,7-9,11-16,18,26H,17H2,1H3/b9-5+,22-11-. The zero-order valence-electron chi connectivity index (χ0n) is 14.6. The fourth-order valence-corrected chi connectivity index (χ4v) is 2.72. The highest BCUT2D eigenvalue weighted by Crippen LogP contribution is 2.29. The van der Waals surface area contributed by atoms with Gasteiger partial charge in [-0.1, -0.05) is 78.1 Å². The number of carbonyl (C=O) groups excluding carboxylic acids is 1. The first kappa shape index (κ1) is 17.7. The van der Waals surface area contributed by atoms with E-state index in [1.807, 2.05) is 67.6 Å². The van der Waals surface area contributed by atoms with Crippen molar-refractivity contribution in [1.82, 2.24) is 0 Å². The van der Waals surface area contributed by atoms with E-state index in [0.29, 0.717) is 5.57 Å². The summed E-state index contributed by atoms with van der Waals surface area (Å²) in [4.78, 5) is 12.1. The second-order valence-corrected chi connectivity index (χ2v) is 6.32. The minimum atomic E-state index is -1.34. The average Bonchev–Trinajstić information content (AvgIpc) is 2.93. The van der Waals surface area contributed by atoms with Gasteiger partial charge in [0.15, 0.2) is 5.78 Å². The Hall–Kier alpha value is -3.15. The number of aryl methyl sites for hydroxylation is 1. The van der Waals surface area contributed by atoms with Gasteiger partial charge in [0, 0.05) is 17.6 Å². The summed E-state index contributed by atoms with van der Waals surface area (Å²) >= 11 is 0. The van der Waals surface area contributed by atoms with E-state index in [1.54, 1.807) is 12.2 Å². The van der Waals surface area contributed by atoms with Gasteiger partial charge in [-0.25, -0.2) is 0 Å². The number of rotatable bonds is 3. The third kappa shape index (κ3) is 4.27. The topological polar surface area (TPSA) is 37.3 Å². The predicted octanol–water partition coefficient (Wildman–Crippen LogP) is 4.25. The summed E-state index contributed by atoms with van der Waals surface area (Å²) in [6, 6.07) is 17.7. The first-order chi connectivity index (χ1) is 12.6. The normalized spacial score (nSPS) is 20.5. The monoisotopic (exact) mass is 340 g/mol. The van der Waals surface area contributed by atoms with Crippen LogP contribution in [0.25, 0.3) is 6.08 Å². The second-order valence-electron chi connectivity index (χ2n) is 6.32. The van der Waals surface area contributed by atoms with Crippen LogP contribution in [0, 0.1) is 18.8 Å². The lowest BCUT2D eigenvalue weighted by atomic mass is 9.92. The average molecular weight is 340 g/mol.